The molecule has 3 rings (SSSR count). The minimum Gasteiger partial charge on any atom is -0.379 e. The first kappa shape index (κ1) is 16.5. The summed E-state index contributed by atoms with van der Waals surface area (Å²) in [5.74, 6) is 0. The lowest BCUT2D eigenvalue weighted by molar-refractivity contribution is 0.0340. The van der Waals surface area contributed by atoms with Crippen LogP contribution in [0.3, 0.4) is 0 Å². The highest BCUT2D eigenvalue weighted by Gasteiger charge is 2.20. The van der Waals surface area contributed by atoms with Gasteiger partial charge in [-0.15, -0.1) is 0 Å². The van der Waals surface area contributed by atoms with E-state index >= 15 is 0 Å². The van der Waals surface area contributed by atoms with Crippen molar-refractivity contribution in [2.24, 2.45) is 0 Å². The lowest BCUT2D eigenvalue weighted by Crippen LogP contribution is -2.44. The highest BCUT2D eigenvalue weighted by Crippen LogP contribution is 2.17. The van der Waals surface area contributed by atoms with Gasteiger partial charge in [0.15, 0.2) is 0 Å². The molecular weight excluding hydrogens is 306 g/mol. The predicted octanol–water partition coefficient (Wildman–Crippen LogP) is 1.91. The molecule has 2 aromatic rings. The van der Waals surface area contributed by atoms with Gasteiger partial charge in [0.2, 0.25) is 0 Å². The number of anilines is 1. The van der Waals surface area contributed by atoms with Crippen LogP contribution in [0.25, 0.3) is 0 Å². The maximum Gasteiger partial charge on any atom is 0.319 e. The lowest BCUT2D eigenvalue weighted by atomic mass is 10.0. The van der Waals surface area contributed by atoms with E-state index in [4.69, 9.17) is 4.74 Å². The van der Waals surface area contributed by atoms with Gasteiger partial charge in [-0.3, -0.25) is 10.00 Å². The van der Waals surface area contributed by atoms with Crippen molar-refractivity contribution in [1.29, 1.82) is 0 Å². The van der Waals surface area contributed by atoms with E-state index in [1.54, 1.807) is 12.4 Å². The number of hydrogen-bond acceptors (Lipinski definition) is 4. The fourth-order valence-corrected chi connectivity index (χ4v) is 2.72. The third kappa shape index (κ3) is 4.56. The molecule has 1 aliphatic heterocycles. The smallest absolute Gasteiger partial charge is 0.319 e. The molecule has 1 atom stereocenters. The summed E-state index contributed by atoms with van der Waals surface area (Å²) in [5, 5.41) is 12.4. The Labute approximate surface area is 141 Å². The number of aryl methyl sites for hydroxylation is 1. The second-order valence-corrected chi connectivity index (χ2v) is 5.96. The highest BCUT2D eigenvalue weighted by atomic mass is 16.5. The van der Waals surface area contributed by atoms with Gasteiger partial charge in [-0.1, -0.05) is 29.8 Å². The van der Waals surface area contributed by atoms with Crippen molar-refractivity contribution in [2.45, 2.75) is 13.0 Å². The van der Waals surface area contributed by atoms with Gasteiger partial charge >= 0.3 is 6.03 Å². The van der Waals surface area contributed by atoms with E-state index < -0.39 is 0 Å². The zero-order valence-electron chi connectivity index (χ0n) is 13.8. The van der Waals surface area contributed by atoms with Gasteiger partial charge in [-0.25, -0.2) is 4.79 Å². The van der Waals surface area contributed by atoms with Gasteiger partial charge < -0.3 is 15.4 Å². The molecule has 1 aromatic carbocycles. The molecule has 7 nitrogen and oxygen atoms in total. The number of nitrogens with one attached hydrogen (secondary N) is 3. The largest absolute Gasteiger partial charge is 0.379 e. The zero-order valence-corrected chi connectivity index (χ0v) is 13.8. The normalized spacial score (nSPS) is 16.5. The maximum atomic E-state index is 12.3. The number of H-pyrrole nitrogens is 1. The van der Waals surface area contributed by atoms with Crippen molar-refractivity contribution in [3.8, 4) is 0 Å². The zero-order chi connectivity index (χ0) is 16.8. The van der Waals surface area contributed by atoms with E-state index in [0.717, 1.165) is 38.4 Å². The van der Waals surface area contributed by atoms with Crippen LogP contribution in [0.4, 0.5) is 10.5 Å². The van der Waals surface area contributed by atoms with Crippen molar-refractivity contribution >= 4 is 11.7 Å². The Hall–Kier alpha value is -2.38. The second-order valence-electron chi connectivity index (χ2n) is 5.96. The van der Waals surface area contributed by atoms with E-state index in [0.29, 0.717) is 5.69 Å². The SMILES string of the molecule is Cc1ccc([C@@H](CN2CCOCC2)NC(=O)Nc2cn[nH]c2)cc1. The Morgan fingerprint density at radius 2 is 2.08 bits per heavy atom. The summed E-state index contributed by atoms with van der Waals surface area (Å²) >= 11 is 0. The number of nitrogens with zero attached hydrogens (tertiary/aromatic N) is 2. The summed E-state index contributed by atoms with van der Waals surface area (Å²) in [7, 11) is 0. The number of carbonyl (C=O) groups is 1. The van der Waals surface area contributed by atoms with Crippen LogP contribution in [-0.2, 0) is 4.74 Å². The molecule has 1 aliphatic rings. The summed E-state index contributed by atoms with van der Waals surface area (Å²) < 4.78 is 5.40. The minimum atomic E-state index is -0.241. The van der Waals surface area contributed by atoms with Crippen LogP contribution in [-0.4, -0.2) is 54.0 Å². The number of hydrogen-bond donors (Lipinski definition) is 3. The van der Waals surface area contributed by atoms with Gasteiger partial charge in [0.05, 0.1) is 31.1 Å². The Balaban J connectivity index is 1.68. The lowest BCUT2D eigenvalue weighted by Gasteiger charge is -2.31. The summed E-state index contributed by atoms with van der Waals surface area (Å²) in [6, 6.07) is 7.94. The first-order chi connectivity index (χ1) is 11.7. The quantitative estimate of drug-likeness (QED) is 0.783. The van der Waals surface area contributed by atoms with Crippen molar-refractivity contribution in [1.82, 2.24) is 20.4 Å². The van der Waals surface area contributed by atoms with Crippen LogP contribution >= 0.6 is 0 Å². The molecule has 128 valence electrons. The summed E-state index contributed by atoms with van der Waals surface area (Å²) in [6.07, 6.45) is 3.21. The molecule has 1 saturated heterocycles. The molecule has 0 aliphatic carbocycles. The van der Waals surface area contributed by atoms with Crippen LogP contribution in [0.15, 0.2) is 36.7 Å². The molecule has 0 saturated carbocycles. The molecule has 24 heavy (non-hydrogen) atoms. The number of aromatic nitrogens is 2. The molecule has 2 amide bonds. The fraction of sp³-hybridized carbons (Fsp3) is 0.412. The molecule has 0 bridgehead atoms. The molecule has 2 heterocycles. The van der Waals surface area contributed by atoms with Gasteiger partial charge in [-0.05, 0) is 12.5 Å². The van der Waals surface area contributed by atoms with Crippen molar-refractivity contribution in [3.05, 3.63) is 47.8 Å². The molecule has 0 radical (unpaired) electrons. The van der Waals surface area contributed by atoms with E-state index in [-0.39, 0.29) is 12.1 Å². The Morgan fingerprint density at radius 3 is 2.75 bits per heavy atom. The Morgan fingerprint density at radius 1 is 1.33 bits per heavy atom. The number of carbonyl (C=O) groups excluding carboxylic acids is 1. The topological polar surface area (TPSA) is 82.3 Å². The van der Waals surface area contributed by atoms with Crippen LogP contribution in [0.1, 0.15) is 17.2 Å². The third-order valence-electron chi connectivity index (χ3n) is 4.09. The van der Waals surface area contributed by atoms with E-state index in [1.165, 1.54) is 5.56 Å². The number of urea groups is 1. The number of aromatic amines is 1. The van der Waals surface area contributed by atoms with Gasteiger partial charge in [0, 0.05) is 25.8 Å². The monoisotopic (exact) mass is 329 g/mol. The van der Waals surface area contributed by atoms with E-state index in [9.17, 15) is 4.79 Å². The van der Waals surface area contributed by atoms with Gasteiger partial charge in [-0.2, -0.15) is 5.10 Å². The molecule has 0 unspecified atom stereocenters. The fourth-order valence-electron chi connectivity index (χ4n) is 2.72. The Bertz CT molecular complexity index is 636. The van der Waals surface area contributed by atoms with Crippen molar-refractivity contribution in [3.63, 3.8) is 0 Å². The third-order valence-corrected chi connectivity index (χ3v) is 4.09. The molecule has 1 fully saturated rings. The van der Waals surface area contributed by atoms with E-state index in [2.05, 4.69) is 56.9 Å². The second kappa shape index (κ2) is 7.94. The van der Waals surface area contributed by atoms with Crippen LogP contribution in [0.5, 0.6) is 0 Å². The average Bonchev–Trinajstić information content (AvgIpc) is 3.09. The Kier molecular flexibility index (Phi) is 5.45. The van der Waals surface area contributed by atoms with Crippen LogP contribution in [0, 0.1) is 6.92 Å². The standard InChI is InChI=1S/C17H23N5O2/c1-13-2-4-14(5-3-13)16(12-22-6-8-24-9-7-22)21-17(23)20-15-10-18-19-11-15/h2-5,10-11,16H,6-9,12H2,1H3,(H,18,19)(H2,20,21,23)/t16-/m1/s1. The molecule has 0 spiro atoms. The van der Waals surface area contributed by atoms with Gasteiger partial charge in [0.25, 0.3) is 0 Å². The number of ether oxygens (including phenoxy) is 1. The van der Waals surface area contributed by atoms with Crippen molar-refractivity contribution in [2.75, 3.05) is 38.2 Å². The maximum absolute atomic E-state index is 12.3. The number of morpholine rings is 1. The van der Waals surface area contributed by atoms with Crippen molar-refractivity contribution < 1.29 is 9.53 Å². The predicted molar refractivity (Wildman–Crippen MR) is 91.9 cm³/mol. The van der Waals surface area contributed by atoms with Crippen LogP contribution < -0.4 is 10.6 Å². The van der Waals surface area contributed by atoms with Crippen LogP contribution in [0.2, 0.25) is 0 Å². The number of rotatable bonds is 5. The number of benzene rings is 1. The first-order valence-corrected chi connectivity index (χ1v) is 8.13. The molecular formula is C17H23N5O2. The summed E-state index contributed by atoms with van der Waals surface area (Å²) in [4.78, 5) is 14.6. The molecule has 1 aromatic heterocycles. The highest BCUT2D eigenvalue weighted by molar-refractivity contribution is 5.89. The summed E-state index contributed by atoms with van der Waals surface area (Å²) in [5.41, 5.74) is 2.93. The molecule has 3 N–H and O–H groups in total. The molecule has 7 heteroatoms. The number of amides is 2. The average molecular weight is 329 g/mol. The first-order valence-electron chi connectivity index (χ1n) is 8.13. The summed E-state index contributed by atoms with van der Waals surface area (Å²) in [6.45, 7) is 6.05. The van der Waals surface area contributed by atoms with E-state index in [1.807, 2.05) is 0 Å². The van der Waals surface area contributed by atoms with Gasteiger partial charge in [0.1, 0.15) is 0 Å². The minimum absolute atomic E-state index is 0.0874.